The molecule has 0 saturated carbocycles. The summed E-state index contributed by atoms with van der Waals surface area (Å²) in [6.07, 6.45) is 6.99. The van der Waals surface area contributed by atoms with E-state index in [1.807, 2.05) is 31.7 Å². The highest BCUT2D eigenvalue weighted by Crippen LogP contribution is 2.22. The molecule has 2 saturated heterocycles. The van der Waals surface area contributed by atoms with Crippen molar-refractivity contribution in [3.8, 4) is 0 Å². The van der Waals surface area contributed by atoms with E-state index in [-0.39, 0.29) is 47.7 Å². The summed E-state index contributed by atoms with van der Waals surface area (Å²) in [6.45, 7) is 18.9. The molecule has 2 fully saturated rings. The standard InChI is InChI=1S/C29H52N4O3/c1-19(2)25(18-23(8)28(35)32-16-13-22(7)14-17-32)31(9)29(36)26(20(3)4)30-27(34)24-12-10-11-15-33(24)21(5)6/h18-22,24-26H,10-17H2,1-9H3,(H,30,34)/b23-18+/t24-,25-,26+/m1/s1. The van der Waals surface area contributed by atoms with Gasteiger partial charge in [0, 0.05) is 31.8 Å². The van der Waals surface area contributed by atoms with Crippen molar-refractivity contribution in [3.63, 3.8) is 0 Å². The van der Waals surface area contributed by atoms with Gasteiger partial charge in [-0.3, -0.25) is 19.3 Å². The van der Waals surface area contributed by atoms with Gasteiger partial charge in [-0.1, -0.05) is 47.1 Å². The Balaban J connectivity index is 2.16. The summed E-state index contributed by atoms with van der Waals surface area (Å²) in [6, 6.07) is -0.736. The summed E-state index contributed by atoms with van der Waals surface area (Å²) in [5, 5.41) is 3.11. The Morgan fingerprint density at radius 2 is 1.53 bits per heavy atom. The predicted octanol–water partition coefficient (Wildman–Crippen LogP) is 4.08. The zero-order valence-electron chi connectivity index (χ0n) is 24.3. The van der Waals surface area contributed by atoms with Crippen molar-refractivity contribution >= 4 is 17.7 Å². The number of hydrogen-bond donors (Lipinski definition) is 1. The van der Waals surface area contributed by atoms with Crippen molar-refractivity contribution in [1.82, 2.24) is 20.0 Å². The van der Waals surface area contributed by atoms with Crippen LogP contribution in [0.2, 0.25) is 0 Å². The number of carbonyl (C=O) groups excluding carboxylic acids is 3. The Hall–Kier alpha value is -1.89. The molecule has 0 radical (unpaired) electrons. The largest absolute Gasteiger partial charge is 0.343 e. The first-order valence-corrected chi connectivity index (χ1v) is 14.2. The van der Waals surface area contributed by atoms with E-state index < -0.39 is 6.04 Å². The second-order valence-electron chi connectivity index (χ2n) is 12.1. The Morgan fingerprint density at radius 3 is 2.06 bits per heavy atom. The fraction of sp³-hybridized carbons (Fsp3) is 0.828. The lowest BCUT2D eigenvalue weighted by Crippen LogP contribution is -2.58. The molecule has 3 atom stereocenters. The molecule has 0 aromatic rings. The van der Waals surface area contributed by atoms with Gasteiger partial charge in [-0.15, -0.1) is 0 Å². The van der Waals surface area contributed by atoms with E-state index in [2.05, 4.69) is 44.8 Å². The predicted molar refractivity (Wildman–Crippen MR) is 146 cm³/mol. The van der Waals surface area contributed by atoms with Gasteiger partial charge in [0.15, 0.2) is 0 Å². The molecule has 7 nitrogen and oxygen atoms in total. The summed E-state index contributed by atoms with van der Waals surface area (Å²) in [5.41, 5.74) is 0.683. The summed E-state index contributed by atoms with van der Waals surface area (Å²) >= 11 is 0. The van der Waals surface area contributed by atoms with Crippen molar-refractivity contribution in [2.24, 2.45) is 17.8 Å². The highest BCUT2D eigenvalue weighted by atomic mass is 16.2. The van der Waals surface area contributed by atoms with E-state index >= 15 is 0 Å². The molecule has 2 aliphatic heterocycles. The first-order chi connectivity index (χ1) is 16.8. The quantitative estimate of drug-likeness (QED) is 0.480. The van der Waals surface area contributed by atoms with Crippen molar-refractivity contribution in [2.75, 3.05) is 26.7 Å². The summed E-state index contributed by atoms with van der Waals surface area (Å²) in [4.78, 5) is 46.1. The highest BCUT2D eigenvalue weighted by Gasteiger charge is 2.36. The number of carbonyl (C=O) groups is 3. The molecule has 0 bridgehead atoms. The number of nitrogens with one attached hydrogen (secondary N) is 1. The van der Waals surface area contributed by atoms with Crippen LogP contribution in [-0.2, 0) is 14.4 Å². The Bertz CT molecular complexity index is 783. The van der Waals surface area contributed by atoms with E-state index in [0.717, 1.165) is 51.7 Å². The maximum Gasteiger partial charge on any atom is 0.249 e. The zero-order chi connectivity index (χ0) is 27.2. The van der Waals surface area contributed by atoms with Crippen LogP contribution in [-0.4, -0.2) is 83.3 Å². The first kappa shape index (κ1) is 30.3. The van der Waals surface area contributed by atoms with Crippen LogP contribution in [0.1, 0.15) is 87.5 Å². The molecule has 0 unspecified atom stereocenters. The van der Waals surface area contributed by atoms with Gasteiger partial charge in [0.05, 0.1) is 12.1 Å². The van der Waals surface area contributed by atoms with Gasteiger partial charge in [0.2, 0.25) is 17.7 Å². The van der Waals surface area contributed by atoms with Crippen molar-refractivity contribution in [3.05, 3.63) is 11.6 Å². The van der Waals surface area contributed by atoms with Crippen LogP contribution < -0.4 is 5.32 Å². The van der Waals surface area contributed by atoms with Gasteiger partial charge in [-0.05, 0) is 70.8 Å². The van der Waals surface area contributed by atoms with E-state index in [4.69, 9.17) is 0 Å². The lowest BCUT2D eigenvalue weighted by Gasteiger charge is -2.39. The molecule has 3 amide bonds. The van der Waals surface area contributed by atoms with Crippen LogP contribution in [0, 0.1) is 17.8 Å². The zero-order valence-corrected chi connectivity index (χ0v) is 24.3. The van der Waals surface area contributed by atoms with E-state index in [1.165, 1.54) is 0 Å². The molecule has 36 heavy (non-hydrogen) atoms. The van der Waals surface area contributed by atoms with E-state index in [1.54, 1.807) is 11.9 Å². The Labute approximate surface area is 220 Å². The number of likely N-dealkylation sites (N-methyl/N-ethyl adjacent to an activating group) is 1. The molecule has 1 N–H and O–H groups in total. The second-order valence-corrected chi connectivity index (χ2v) is 12.1. The number of piperidine rings is 2. The third-order valence-corrected chi connectivity index (χ3v) is 8.05. The molecule has 7 heteroatoms. The van der Waals surface area contributed by atoms with Crippen molar-refractivity contribution < 1.29 is 14.4 Å². The maximum atomic E-state index is 13.7. The van der Waals surface area contributed by atoms with Crippen LogP contribution >= 0.6 is 0 Å². The molecule has 0 aliphatic carbocycles. The summed E-state index contributed by atoms with van der Waals surface area (Å²) in [5.74, 6) is 0.651. The van der Waals surface area contributed by atoms with Gasteiger partial charge in [0.1, 0.15) is 6.04 Å². The summed E-state index contributed by atoms with van der Waals surface area (Å²) < 4.78 is 0. The van der Waals surface area contributed by atoms with Crippen molar-refractivity contribution in [1.29, 1.82) is 0 Å². The second kappa shape index (κ2) is 13.6. The fourth-order valence-electron chi connectivity index (χ4n) is 5.52. The Morgan fingerprint density at radius 1 is 0.917 bits per heavy atom. The van der Waals surface area contributed by atoms with E-state index in [0.29, 0.717) is 11.5 Å². The minimum Gasteiger partial charge on any atom is -0.343 e. The average Bonchev–Trinajstić information content (AvgIpc) is 2.84. The van der Waals surface area contributed by atoms with Crippen LogP contribution in [0.15, 0.2) is 11.6 Å². The minimum absolute atomic E-state index is 0.0464. The van der Waals surface area contributed by atoms with Crippen LogP contribution in [0.5, 0.6) is 0 Å². The number of nitrogens with zero attached hydrogens (tertiary/aromatic N) is 3. The van der Waals surface area contributed by atoms with Gasteiger partial charge >= 0.3 is 0 Å². The number of rotatable bonds is 9. The third kappa shape index (κ3) is 7.80. The van der Waals surface area contributed by atoms with Crippen LogP contribution in [0.3, 0.4) is 0 Å². The van der Waals surface area contributed by atoms with E-state index in [9.17, 15) is 14.4 Å². The lowest BCUT2D eigenvalue weighted by molar-refractivity contribution is -0.140. The molecule has 0 aromatic heterocycles. The molecular weight excluding hydrogens is 452 g/mol. The molecule has 0 aromatic carbocycles. The van der Waals surface area contributed by atoms with Gasteiger partial charge < -0.3 is 15.1 Å². The van der Waals surface area contributed by atoms with Crippen LogP contribution in [0.25, 0.3) is 0 Å². The molecule has 0 spiro atoms. The smallest absolute Gasteiger partial charge is 0.249 e. The SMILES string of the molecule is C/C(=C\[C@H](C(C)C)N(C)C(=O)[C@@H](NC(=O)[C@H]1CCCCN1C(C)C)C(C)C)C(=O)N1CCC(C)CC1. The number of hydrogen-bond acceptors (Lipinski definition) is 4. The monoisotopic (exact) mass is 504 g/mol. The average molecular weight is 505 g/mol. The molecular formula is C29H52N4O3. The van der Waals surface area contributed by atoms with Crippen LogP contribution in [0.4, 0.5) is 0 Å². The molecule has 2 aliphatic rings. The molecule has 2 heterocycles. The van der Waals surface area contributed by atoms with Gasteiger partial charge in [-0.25, -0.2) is 0 Å². The van der Waals surface area contributed by atoms with Gasteiger partial charge in [0.25, 0.3) is 0 Å². The molecule has 2 rings (SSSR count). The highest BCUT2D eigenvalue weighted by molar-refractivity contribution is 5.93. The fourth-order valence-corrected chi connectivity index (χ4v) is 5.52. The molecule has 206 valence electrons. The normalized spacial score (nSPS) is 22.2. The van der Waals surface area contributed by atoms with Crippen molar-refractivity contribution in [2.45, 2.75) is 112 Å². The first-order valence-electron chi connectivity index (χ1n) is 14.2. The topological polar surface area (TPSA) is 73.0 Å². The third-order valence-electron chi connectivity index (χ3n) is 8.05. The summed E-state index contributed by atoms with van der Waals surface area (Å²) in [7, 11) is 1.80. The number of amides is 3. The maximum absolute atomic E-state index is 13.7. The lowest BCUT2D eigenvalue weighted by atomic mass is 9.95. The van der Waals surface area contributed by atoms with Gasteiger partial charge in [-0.2, -0.15) is 0 Å². The number of likely N-dealkylation sites (tertiary alicyclic amines) is 2. The Kier molecular flexibility index (Phi) is 11.5. The minimum atomic E-state index is -0.604.